The van der Waals surface area contributed by atoms with Crippen molar-refractivity contribution in [3.8, 4) is 5.75 Å². The number of carbonyl (C=O) groups excluding carboxylic acids is 1. The summed E-state index contributed by atoms with van der Waals surface area (Å²) in [7, 11) is -2.16. The van der Waals surface area contributed by atoms with Crippen LogP contribution in [0.15, 0.2) is 47.4 Å². The molecule has 2 aromatic rings. The van der Waals surface area contributed by atoms with Gasteiger partial charge in [-0.2, -0.15) is 4.31 Å². The van der Waals surface area contributed by atoms with E-state index >= 15 is 0 Å². The quantitative estimate of drug-likeness (QED) is 0.757. The number of nitrogens with zero attached hydrogens (tertiary/aromatic N) is 1. The number of benzene rings is 2. The molecule has 0 radical (unpaired) electrons. The van der Waals surface area contributed by atoms with Crippen molar-refractivity contribution in [1.29, 1.82) is 0 Å². The van der Waals surface area contributed by atoms with E-state index in [4.69, 9.17) is 27.9 Å². The molecule has 1 aliphatic rings. The maximum atomic E-state index is 12.9. The van der Waals surface area contributed by atoms with Crippen LogP contribution in [-0.2, 0) is 14.8 Å². The molecule has 150 valence electrons. The van der Waals surface area contributed by atoms with Gasteiger partial charge < -0.3 is 10.1 Å². The molecule has 1 amide bonds. The van der Waals surface area contributed by atoms with Crippen LogP contribution in [0.2, 0.25) is 10.0 Å². The molecule has 1 saturated heterocycles. The summed E-state index contributed by atoms with van der Waals surface area (Å²) in [4.78, 5) is 12.8. The van der Waals surface area contributed by atoms with Gasteiger partial charge in [-0.1, -0.05) is 23.2 Å². The van der Waals surface area contributed by atoms with Gasteiger partial charge in [-0.3, -0.25) is 4.79 Å². The lowest BCUT2D eigenvalue weighted by molar-refractivity contribution is -0.120. The van der Waals surface area contributed by atoms with Crippen LogP contribution in [0.4, 0.5) is 5.69 Å². The van der Waals surface area contributed by atoms with Crippen LogP contribution < -0.4 is 10.1 Å². The van der Waals surface area contributed by atoms with Gasteiger partial charge >= 0.3 is 0 Å². The van der Waals surface area contributed by atoms with Crippen molar-refractivity contribution in [3.05, 3.63) is 52.5 Å². The number of anilines is 1. The minimum atomic E-state index is -3.68. The molecule has 2 aromatic carbocycles. The van der Waals surface area contributed by atoms with Crippen LogP contribution in [0.3, 0.4) is 0 Å². The molecule has 0 unspecified atom stereocenters. The van der Waals surface area contributed by atoms with Gasteiger partial charge in [0.15, 0.2) is 0 Å². The number of halogens is 2. The van der Waals surface area contributed by atoms with E-state index in [2.05, 4.69) is 5.32 Å². The molecule has 0 aliphatic carbocycles. The summed E-state index contributed by atoms with van der Waals surface area (Å²) in [5.41, 5.74) is 0.523. The SMILES string of the molecule is COc1ccc(S(=O)(=O)N2CCC[C@H](C(=O)Nc3ccc(Cl)c(Cl)c3)C2)cc1. The van der Waals surface area contributed by atoms with Crippen molar-refractivity contribution in [1.82, 2.24) is 4.31 Å². The topological polar surface area (TPSA) is 75.7 Å². The third kappa shape index (κ3) is 4.60. The van der Waals surface area contributed by atoms with Crippen LogP contribution >= 0.6 is 23.2 Å². The lowest BCUT2D eigenvalue weighted by atomic mass is 9.99. The number of sulfonamides is 1. The third-order valence-corrected chi connectivity index (χ3v) is 7.26. The predicted octanol–water partition coefficient (Wildman–Crippen LogP) is 4.04. The van der Waals surface area contributed by atoms with E-state index in [1.807, 2.05) is 0 Å². The highest BCUT2D eigenvalue weighted by molar-refractivity contribution is 7.89. The van der Waals surface area contributed by atoms with Crippen molar-refractivity contribution in [2.45, 2.75) is 17.7 Å². The highest BCUT2D eigenvalue weighted by Crippen LogP contribution is 2.28. The van der Waals surface area contributed by atoms with E-state index in [1.54, 1.807) is 30.3 Å². The summed E-state index contributed by atoms with van der Waals surface area (Å²) in [6.45, 7) is 0.506. The number of hydrogen-bond donors (Lipinski definition) is 1. The minimum Gasteiger partial charge on any atom is -0.497 e. The molecule has 9 heteroatoms. The number of hydrogen-bond acceptors (Lipinski definition) is 4. The Morgan fingerprint density at radius 2 is 1.86 bits per heavy atom. The fourth-order valence-corrected chi connectivity index (χ4v) is 4.91. The van der Waals surface area contributed by atoms with E-state index in [1.165, 1.54) is 23.5 Å². The molecule has 6 nitrogen and oxygen atoms in total. The van der Waals surface area contributed by atoms with Crippen molar-refractivity contribution in [2.75, 3.05) is 25.5 Å². The standard InChI is InChI=1S/C19H20Cl2N2O4S/c1-27-15-5-7-16(8-6-15)28(25,26)23-10-2-3-13(12-23)19(24)22-14-4-9-17(20)18(21)11-14/h4-9,11,13H,2-3,10,12H2,1H3,(H,22,24)/t13-/m0/s1. The normalized spacial score (nSPS) is 17.9. The number of rotatable bonds is 5. The molecule has 0 bridgehead atoms. The van der Waals surface area contributed by atoms with Crippen molar-refractivity contribution in [2.24, 2.45) is 5.92 Å². The zero-order chi connectivity index (χ0) is 20.3. The van der Waals surface area contributed by atoms with E-state index in [9.17, 15) is 13.2 Å². The van der Waals surface area contributed by atoms with Gasteiger partial charge in [0.1, 0.15) is 5.75 Å². The fourth-order valence-electron chi connectivity index (χ4n) is 3.09. The Bertz CT molecular complexity index is 964. The van der Waals surface area contributed by atoms with Gasteiger partial charge in [0.2, 0.25) is 15.9 Å². The molecule has 3 rings (SSSR count). The second kappa shape index (κ2) is 8.69. The second-order valence-electron chi connectivity index (χ2n) is 6.50. The highest BCUT2D eigenvalue weighted by atomic mass is 35.5. The van der Waals surface area contributed by atoms with E-state index in [0.29, 0.717) is 40.9 Å². The van der Waals surface area contributed by atoms with Gasteiger partial charge in [-0.05, 0) is 55.3 Å². The summed E-state index contributed by atoms with van der Waals surface area (Å²) < 4.78 is 32.3. The summed E-state index contributed by atoms with van der Waals surface area (Å²) in [5, 5.41) is 3.52. The minimum absolute atomic E-state index is 0.127. The first-order chi connectivity index (χ1) is 13.3. The van der Waals surface area contributed by atoms with Crippen LogP contribution in [-0.4, -0.2) is 38.8 Å². The lowest BCUT2D eigenvalue weighted by Crippen LogP contribution is -2.43. The first kappa shape index (κ1) is 20.9. The zero-order valence-corrected chi connectivity index (χ0v) is 17.5. The molecule has 1 fully saturated rings. The van der Waals surface area contributed by atoms with Gasteiger partial charge in [-0.15, -0.1) is 0 Å². The average Bonchev–Trinajstić information content (AvgIpc) is 2.71. The second-order valence-corrected chi connectivity index (χ2v) is 9.25. The molecule has 0 aromatic heterocycles. The Kier molecular flexibility index (Phi) is 6.50. The molecule has 1 heterocycles. The van der Waals surface area contributed by atoms with Crippen LogP contribution in [0.25, 0.3) is 0 Å². The molecule has 1 atom stereocenters. The molecule has 0 spiro atoms. The van der Waals surface area contributed by atoms with Gasteiger partial charge in [0, 0.05) is 18.8 Å². The molecule has 0 saturated carbocycles. The maximum absolute atomic E-state index is 12.9. The van der Waals surface area contributed by atoms with Crippen molar-refractivity contribution >= 4 is 44.8 Å². The highest BCUT2D eigenvalue weighted by Gasteiger charge is 2.33. The number of ether oxygens (including phenoxy) is 1. The first-order valence-corrected chi connectivity index (χ1v) is 10.9. The van der Waals surface area contributed by atoms with E-state index in [0.717, 1.165) is 0 Å². The fraction of sp³-hybridized carbons (Fsp3) is 0.316. The zero-order valence-electron chi connectivity index (χ0n) is 15.2. The maximum Gasteiger partial charge on any atom is 0.243 e. The van der Waals surface area contributed by atoms with Crippen LogP contribution in [0.5, 0.6) is 5.75 Å². The Morgan fingerprint density at radius 1 is 1.14 bits per heavy atom. The number of piperidine rings is 1. The van der Waals surface area contributed by atoms with Crippen molar-refractivity contribution in [3.63, 3.8) is 0 Å². The summed E-state index contributed by atoms with van der Waals surface area (Å²) in [6, 6.07) is 11.0. The molecule has 1 aliphatic heterocycles. The lowest BCUT2D eigenvalue weighted by Gasteiger charge is -2.31. The van der Waals surface area contributed by atoms with E-state index < -0.39 is 15.9 Å². The predicted molar refractivity (Wildman–Crippen MR) is 110 cm³/mol. The van der Waals surface area contributed by atoms with E-state index in [-0.39, 0.29) is 17.3 Å². The monoisotopic (exact) mass is 442 g/mol. The Hall–Kier alpha value is -1.80. The number of amides is 1. The Balaban J connectivity index is 1.71. The number of methoxy groups -OCH3 is 1. The number of nitrogens with one attached hydrogen (secondary N) is 1. The molecule has 28 heavy (non-hydrogen) atoms. The Labute approximate surface area is 174 Å². The van der Waals surface area contributed by atoms with Gasteiger partial charge in [-0.25, -0.2) is 8.42 Å². The first-order valence-electron chi connectivity index (χ1n) is 8.71. The summed E-state index contributed by atoms with van der Waals surface area (Å²) >= 11 is 11.9. The van der Waals surface area contributed by atoms with Crippen LogP contribution in [0.1, 0.15) is 12.8 Å². The average molecular weight is 443 g/mol. The number of carbonyl (C=O) groups is 1. The third-order valence-electron chi connectivity index (χ3n) is 4.64. The van der Waals surface area contributed by atoms with Crippen LogP contribution in [0, 0.1) is 5.92 Å². The molecular formula is C19H20Cl2N2O4S. The van der Waals surface area contributed by atoms with Gasteiger partial charge in [0.25, 0.3) is 0 Å². The summed E-state index contributed by atoms with van der Waals surface area (Å²) in [6.07, 6.45) is 1.22. The smallest absolute Gasteiger partial charge is 0.243 e. The molecule has 1 N–H and O–H groups in total. The van der Waals surface area contributed by atoms with Gasteiger partial charge in [0.05, 0.1) is 28.0 Å². The molecular weight excluding hydrogens is 423 g/mol. The largest absolute Gasteiger partial charge is 0.497 e. The van der Waals surface area contributed by atoms with Crippen molar-refractivity contribution < 1.29 is 17.9 Å². The summed E-state index contributed by atoms with van der Waals surface area (Å²) in [5.74, 6) is -0.110. The Morgan fingerprint density at radius 3 is 2.50 bits per heavy atom.